The van der Waals surface area contributed by atoms with Gasteiger partial charge in [0.25, 0.3) is 0 Å². The first-order valence-corrected chi connectivity index (χ1v) is 6.05. The van der Waals surface area contributed by atoms with Crippen molar-refractivity contribution in [2.24, 2.45) is 0 Å². The van der Waals surface area contributed by atoms with E-state index in [1.807, 2.05) is 16.8 Å². The fraction of sp³-hybridized carbons (Fsp3) is 0.917. The zero-order valence-electron chi connectivity index (χ0n) is 11.3. The van der Waals surface area contributed by atoms with Crippen LogP contribution in [0.15, 0.2) is 0 Å². The maximum atomic E-state index is 12.4. The van der Waals surface area contributed by atoms with Gasteiger partial charge in [-0.2, -0.15) is 0 Å². The van der Waals surface area contributed by atoms with E-state index in [9.17, 15) is 9.90 Å². The van der Waals surface area contributed by atoms with Crippen molar-refractivity contribution in [3.8, 4) is 0 Å². The molecule has 5 heteroatoms. The Morgan fingerprint density at radius 1 is 1.53 bits per heavy atom. The largest absolute Gasteiger partial charge is 0.394 e. The molecule has 100 valence electrons. The Balaban J connectivity index is 2.89. The number of carbonyl (C=O) groups is 1. The summed E-state index contributed by atoms with van der Waals surface area (Å²) < 4.78 is 5.05. The van der Waals surface area contributed by atoms with Gasteiger partial charge in [0.15, 0.2) is 0 Å². The average Bonchev–Trinajstić information content (AvgIpc) is 2.34. The van der Waals surface area contributed by atoms with Crippen molar-refractivity contribution in [1.29, 1.82) is 0 Å². The molecule has 0 radical (unpaired) electrons. The lowest BCUT2D eigenvalue weighted by atomic mass is 9.98. The molecule has 1 aliphatic rings. The highest BCUT2D eigenvalue weighted by molar-refractivity contribution is 5.83. The summed E-state index contributed by atoms with van der Waals surface area (Å²) in [5, 5.41) is 9.35. The molecule has 1 amide bonds. The number of nitrogens with zero attached hydrogens (tertiary/aromatic N) is 2. The molecule has 0 spiro atoms. The van der Waals surface area contributed by atoms with Gasteiger partial charge in [0.05, 0.1) is 13.2 Å². The summed E-state index contributed by atoms with van der Waals surface area (Å²) in [4.78, 5) is 16.1. The summed E-state index contributed by atoms with van der Waals surface area (Å²) >= 11 is 0. The molecule has 0 aromatic rings. The SMILES string of the molecule is COCCN1C(=O)C(CO)N(C)CCC1(C)C. The predicted molar refractivity (Wildman–Crippen MR) is 65.8 cm³/mol. The molecule has 0 aliphatic carbocycles. The van der Waals surface area contributed by atoms with E-state index in [1.165, 1.54) is 0 Å². The van der Waals surface area contributed by atoms with E-state index < -0.39 is 6.04 Å². The van der Waals surface area contributed by atoms with Gasteiger partial charge in [-0.05, 0) is 27.3 Å². The van der Waals surface area contributed by atoms with Crippen LogP contribution in [0.2, 0.25) is 0 Å². The second-order valence-electron chi connectivity index (χ2n) is 5.22. The van der Waals surface area contributed by atoms with Crippen LogP contribution in [0.1, 0.15) is 20.3 Å². The van der Waals surface area contributed by atoms with Gasteiger partial charge < -0.3 is 14.7 Å². The molecule has 17 heavy (non-hydrogen) atoms. The second-order valence-corrected chi connectivity index (χ2v) is 5.22. The first-order chi connectivity index (χ1) is 7.94. The van der Waals surface area contributed by atoms with Gasteiger partial charge in [0.2, 0.25) is 5.91 Å². The Morgan fingerprint density at radius 2 is 2.18 bits per heavy atom. The summed E-state index contributed by atoms with van der Waals surface area (Å²) in [6, 6.07) is -0.423. The molecule has 1 unspecified atom stereocenters. The number of aliphatic hydroxyl groups excluding tert-OH is 1. The standard InChI is InChI=1S/C12H24N2O3/c1-12(2)5-6-13(3)10(9-15)11(16)14(12)7-8-17-4/h10,15H,5-9H2,1-4H3. The van der Waals surface area contributed by atoms with Crippen LogP contribution in [-0.4, -0.2) is 72.9 Å². The molecule has 0 saturated carbocycles. The molecular weight excluding hydrogens is 220 g/mol. The molecule has 1 rings (SSSR count). The molecular formula is C12H24N2O3. The molecule has 0 aromatic heterocycles. The lowest BCUT2D eigenvalue weighted by Crippen LogP contribution is -2.53. The molecule has 0 aromatic carbocycles. The van der Waals surface area contributed by atoms with Crippen LogP contribution in [0.25, 0.3) is 0 Å². The highest BCUT2D eigenvalue weighted by Gasteiger charge is 2.39. The molecule has 1 N–H and O–H groups in total. The number of ether oxygens (including phenoxy) is 1. The summed E-state index contributed by atoms with van der Waals surface area (Å²) in [6.45, 7) is 5.91. The lowest BCUT2D eigenvalue weighted by molar-refractivity contribution is -0.141. The van der Waals surface area contributed by atoms with Crippen molar-refractivity contribution in [1.82, 2.24) is 9.80 Å². The molecule has 1 fully saturated rings. The summed E-state index contributed by atoms with van der Waals surface area (Å²) in [7, 11) is 3.51. The highest BCUT2D eigenvalue weighted by Crippen LogP contribution is 2.24. The van der Waals surface area contributed by atoms with Crippen LogP contribution >= 0.6 is 0 Å². The Hall–Kier alpha value is -0.650. The van der Waals surface area contributed by atoms with Gasteiger partial charge >= 0.3 is 0 Å². The number of aliphatic hydroxyl groups is 1. The molecule has 1 heterocycles. The van der Waals surface area contributed by atoms with Gasteiger partial charge in [-0.25, -0.2) is 0 Å². The third-order valence-corrected chi connectivity index (χ3v) is 3.58. The molecule has 0 bridgehead atoms. The minimum absolute atomic E-state index is 0.00505. The Morgan fingerprint density at radius 3 is 2.71 bits per heavy atom. The minimum Gasteiger partial charge on any atom is -0.394 e. The molecule has 1 atom stereocenters. The third kappa shape index (κ3) is 3.18. The van der Waals surface area contributed by atoms with Crippen LogP contribution in [-0.2, 0) is 9.53 Å². The van der Waals surface area contributed by atoms with E-state index in [0.29, 0.717) is 13.2 Å². The maximum absolute atomic E-state index is 12.4. The fourth-order valence-corrected chi connectivity index (χ4v) is 2.22. The van der Waals surface area contributed by atoms with E-state index in [1.54, 1.807) is 7.11 Å². The van der Waals surface area contributed by atoms with E-state index in [2.05, 4.69) is 13.8 Å². The fourth-order valence-electron chi connectivity index (χ4n) is 2.22. The maximum Gasteiger partial charge on any atom is 0.242 e. The van der Waals surface area contributed by atoms with Crippen LogP contribution in [0.4, 0.5) is 0 Å². The van der Waals surface area contributed by atoms with Gasteiger partial charge in [-0.15, -0.1) is 0 Å². The number of amides is 1. The van der Waals surface area contributed by atoms with Crippen molar-refractivity contribution in [2.75, 3.05) is 40.5 Å². The lowest BCUT2D eigenvalue weighted by Gasteiger charge is -2.37. The quantitative estimate of drug-likeness (QED) is 0.752. The van der Waals surface area contributed by atoms with Crippen molar-refractivity contribution in [3.63, 3.8) is 0 Å². The molecule has 1 saturated heterocycles. The van der Waals surface area contributed by atoms with E-state index in [-0.39, 0.29) is 18.1 Å². The number of methoxy groups -OCH3 is 1. The van der Waals surface area contributed by atoms with Crippen molar-refractivity contribution >= 4 is 5.91 Å². The Kier molecular flexibility index (Phi) is 4.91. The van der Waals surface area contributed by atoms with Gasteiger partial charge in [0, 0.05) is 25.7 Å². The van der Waals surface area contributed by atoms with E-state index in [0.717, 1.165) is 13.0 Å². The second kappa shape index (κ2) is 5.80. The van der Waals surface area contributed by atoms with E-state index in [4.69, 9.17) is 4.74 Å². The normalized spacial score (nSPS) is 26.1. The number of hydrogen-bond donors (Lipinski definition) is 1. The number of rotatable bonds is 4. The monoisotopic (exact) mass is 244 g/mol. The van der Waals surface area contributed by atoms with Gasteiger partial charge in [0.1, 0.15) is 6.04 Å². The van der Waals surface area contributed by atoms with Gasteiger partial charge in [-0.1, -0.05) is 0 Å². The minimum atomic E-state index is -0.423. The van der Waals surface area contributed by atoms with E-state index >= 15 is 0 Å². The van der Waals surface area contributed by atoms with Crippen molar-refractivity contribution in [3.05, 3.63) is 0 Å². The zero-order valence-corrected chi connectivity index (χ0v) is 11.3. The predicted octanol–water partition coefficient (Wildman–Crippen LogP) is -0.0636. The summed E-state index contributed by atoms with van der Waals surface area (Å²) in [6.07, 6.45) is 0.898. The van der Waals surface area contributed by atoms with Crippen LogP contribution in [0.3, 0.4) is 0 Å². The zero-order chi connectivity index (χ0) is 13.1. The number of hydrogen-bond acceptors (Lipinski definition) is 4. The highest BCUT2D eigenvalue weighted by atomic mass is 16.5. The van der Waals surface area contributed by atoms with Crippen LogP contribution in [0.5, 0.6) is 0 Å². The summed E-state index contributed by atoms with van der Waals surface area (Å²) in [5.74, 6) is -0.00505. The average molecular weight is 244 g/mol. The Bertz CT molecular complexity index is 268. The Labute approximate surface area is 103 Å². The summed E-state index contributed by atoms with van der Waals surface area (Å²) in [5.41, 5.74) is -0.187. The smallest absolute Gasteiger partial charge is 0.242 e. The first-order valence-electron chi connectivity index (χ1n) is 6.05. The molecule has 1 aliphatic heterocycles. The van der Waals surface area contributed by atoms with Crippen LogP contribution in [0, 0.1) is 0 Å². The third-order valence-electron chi connectivity index (χ3n) is 3.58. The molecule has 5 nitrogen and oxygen atoms in total. The number of likely N-dealkylation sites (N-methyl/N-ethyl adjacent to an activating group) is 1. The van der Waals surface area contributed by atoms with Crippen molar-refractivity contribution in [2.45, 2.75) is 31.8 Å². The van der Waals surface area contributed by atoms with Gasteiger partial charge in [-0.3, -0.25) is 9.69 Å². The van der Waals surface area contributed by atoms with Crippen molar-refractivity contribution < 1.29 is 14.6 Å². The number of carbonyl (C=O) groups excluding carboxylic acids is 1. The topological polar surface area (TPSA) is 53.0 Å². The first kappa shape index (κ1) is 14.4. The van der Waals surface area contributed by atoms with Crippen LogP contribution < -0.4 is 0 Å².